The van der Waals surface area contributed by atoms with Gasteiger partial charge in [0.25, 0.3) is 0 Å². The Morgan fingerprint density at radius 3 is 2.75 bits per heavy atom. The minimum atomic E-state index is -1.09. The van der Waals surface area contributed by atoms with E-state index in [1.807, 2.05) is 13.8 Å². The molecule has 0 aromatic heterocycles. The lowest BCUT2D eigenvalue weighted by Gasteiger charge is -2.39. The van der Waals surface area contributed by atoms with E-state index in [-0.39, 0.29) is 18.0 Å². The van der Waals surface area contributed by atoms with E-state index in [9.17, 15) is 14.4 Å². The number of nitrogens with zero attached hydrogens (tertiary/aromatic N) is 1. The maximum Gasteiger partial charge on any atom is 0.158 e. The maximum absolute atomic E-state index is 13.9. The lowest BCUT2D eigenvalue weighted by molar-refractivity contribution is -0.138. The van der Waals surface area contributed by atoms with Gasteiger partial charge in [-0.2, -0.15) is 5.26 Å². The number of Topliss-reactive ketones (excluding diaryl/α,β-unsaturated/α-hetero) is 1. The average Bonchev–Trinajstić information content (AvgIpc) is 2.39. The third-order valence-electron chi connectivity index (χ3n) is 4.17. The summed E-state index contributed by atoms with van der Waals surface area (Å²) < 4.78 is 14.7. The largest absolute Gasteiger partial charge is 0.297 e. The molecular weight excluding hydrogens is 321 g/mol. The number of halogens is 2. The highest BCUT2D eigenvalue weighted by atomic mass is 79.9. The van der Waals surface area contributed by atoms with Crippen LogP contribution >= 0.6 is 15.9 Å². The summed E-state index contributed by atoms with van der Waals surface area (Å²) in [6.07, 6.45) is 2.27. The number of hydrogen-bond acceptors (Lipinski definition) is 2. The molecule has 106 valence electrons. The Hall–Kier alpha value is -1.21. The molecule has 0 spiro atoms. The predicted molar refractivity (Wildman–Crippen MR) is 78.5 cm³/mol. The van der Waals surface area contributed by atoms with E-state index in [1.54, 1.807) is 12.1 Å². The number of benzene rings is 1. The van der Waals surface area contributed by atoms with E-state index in [1.165, 1.54) is 6.07 Å². The van der Waals surface area contributed by atoms with Crippen molar-refractivity contribution >= 4 is 21.7 Å². The summed E-state index contributed by atoms with van der Waals surface area (Å²) in [5, 5.41) is 9.56. The third kappa shape index (κ3) is 2.64. The van der Waals surface area contributed by atoms with Crippen LogP contribution in [0.25, 0.3) is 0 Å². The molecule has 1 aliphatic carbocycles. The van der Waals surface area contributed by atoms with Gasteiger partial charge in [0, 0.05) is 16.3 Å². The van der Waals surface area contributed by atoms with Gasteiger partial charge in [-0.3, -0.25) is 4.79 Å². The monoisotopic (exact) mass is 337 g/mol. The first-order chi connectivity index (χ1) is 9.31. The Kier molecular flexibility index (Phi) is 4.02. The second-order valence-electron chi connectivity index (χ2n) is 6.17. The molecule has 0 N–H and O–H groups in total. The van der Waals surface area contributed by atoms with Gasteiger partial charge in [-0.15, -0.1) is 0 Å². The number of carbonyl (C=O) groups excluding carboxylic acids is 1. The normalized spacial score (nSPS) is 25.2. The zero-order valence-corrected chi connectivity index (χ0v) is 13.3. The predicted octanol–water partition coefficient (Wildman–Crippen LogP) is 4.42. The molecule has 1 saturated carbocycles. The van der Waals surface area contributed by atoms with Crippen molar-refractivity contribution in [2.45, 2.75) is 39.5 Å². The highest BCUT2D eigenvalue weighted by molar-refractivity contribution is 9.10. The summed E-state index contributed by atoms with van der Waals surface area (Å²) in [6.45, 7) is 3.75. The highest BCUT2D eigenvalue weighted by Crippen LogP contribution is 2.44. The van der Waals surface area contributed by atoms with Crippen LogP contribution in [0.3, 0.4) is 0 Å². The molecule has 1 aliphatic rings. The Morgan fingerprint density at radius 2 is 2.10 bits per heavy atom. The minimum Gasteiger partial charge on any atom is -0.297 e. The van der Waals surface area contributed by atoms with E-state index in [0.717, 1.165) is 17.3 Å². The summed E-state index contributed by atoms with van der Waals surface area (Å²) in [6, 6.07) is 6.82. The highest BCUT2D eigenvalue weighted by Gasteiger charge is 2.49. The molecule has 1 aromatic rings. The molecule has 0 saturated heterocycles. The third-order valence-corrected chi connectivity index (χ3v) is 4.66. The van der Waals surface area contributed by atoms with E-state index in [4.69, 9.17) is 0 Å². The van der Waals surface area contributed by atoms with Crippen LogP contribution in [-0.2, 0) is 11.2 Å². The number of carbonyl (C=O) groups is 1. The lowest BCUT2D eigenvalue weighted by Crippen LogP contribution is -2.45. The van der Waals surface area contributed by atoms with Crippen LogP contribution in [-0.4, -0.2) is 5.78 Å². The topological polar surface area (TPSA) is 40.9 Å². The van der Waals surface area contributed by atoms with E-state index in [2.05, 4.69) is 22.0 Å². The first-order valence-corrected chi connectivity index (χ1v) is 7.50. The van der Waals surface area contributed by atoms with E-state index >= 15 is 0 Å². The van der Waals surface area contributed by atoms with Crippen molar-refractivity contribution in [3.8, 4) is 6.07 Å². The fraction of sp³-hybridized carbons (Fsp3) is 0.500. The van der Waals surface area contributed by atoms with Crippen LogP contribution in [0.2, 0.25) is 0 Å². The van der Waals surface area contributed by atoms with Gasteiger partial charge >= 0.3 is 0 Å². The van der Waals surface area contributed by atoms with Crippen LogP contribution in [0.15, 0.2) is 22.7 Å². The molecule has 1 unspecified atom stereocenters. The van der Waals surface area contributed by atoms with Gasteiger partial charge in [-0.05, 0) is 36.6 Å². The smallest absolute Gasteiger partial charge is 0.158 e. The van der Waals surface area contributed by atoms with Crippen molar-refractivity contribution in [2.75, 3.05) is 0 Å². The number of ketones is 1. The van der Waals surface area contributed by atoms with Crippen molar-refractivity contribution in [1.82, 2.24) is 0 Å². The Balaban J connectivity index is 2.40. The van der Waals surface area contributed by atoms with Gasteiger partial charge in [-0.1, -0.05) is 36.2 Å². The Morgan fingerprint density at radius 1 is 1.40 bits per heavy atom. The van der Waals surface area contributed by atoms with Gasteiger partial charge in [0.05, 0.1) is 6.07 Å². The Labute approximate surface area is 127 Å². The summed E-state index contributed by atoms with van der Waals surface area (Å²) >= 11 is 3.30. The molecular formula is C16H17BrFNO. The second kappa shape index (κ2) is 5.29. The van der Waals surface area contributed by atoms with Crippen LogP contribution < -0.4 is 0 Å². The first kappa shape index (κ1) is 15.2. The first-order valence-electron chi connectivity index (χ1n) is 6.71. The molecule has 2 nitrogen and oxygen atoms in total. The molecule has 0 heterocycles. The SMILES string of the molecule is CC1(C)CCCC(C#N)(Cc2cc(Br)ccc2F)C1=O. The number of nitriles is 1. The zero-order valence-electron chi connectivity index (χ0n) is 11.7. The molecule has 0 amide bonds. The zero-order chi connectivity index (χ0) is 15.0. The average molecular weight is 338 g/mol. The van der Waals surface area contributed by atoms with Crippen LogP contribution in [0.4, 0.5) is 4.39 Å². The fourth-order valence-corrected chi connectivity index (χ4v) is 3.43. The number of hydrogen-bond donors (Lipinski definition) is 0. The van der Waals surface area contributed by atoms with Gasteiger partial charge in [0.1, 0.15) is 11.2 Å². The minimum absolute atomic E-state index is 0.0573. The Bertz CT molecular complexity index is 591. The maximum atomic E-state index is 13.9. The van der Waals surface area contributed by atoms with Crippen LogP contribution in [0.1, 0.15) is 38.7 Å². The van der Waals surface area contributed by atoms with Gasteiger partial charge in [0.15, 0.2) is 5.78 Å². The second-order valence-corrected chi connectivity index (χ2v) is 7.09. The van der Waals surface area contributed by atoms with Crippen molar-refractivity contribution in [3.05, 3.63) is 34.1 Å². The molecule has 0 bridgehead atoms. The summed E-state index contributed by atoms with van der Waals surface area (Å²) in [4.78, 5) is 12.6. The molecule has 1 atom stereocenters. The summed E-state index contributed by atoms with van der Waals surface area (Å²) in [5.74, 6) is -0.419. The standard InChI is InChI=1S/C16H17BrFNO/c1-15(2)6-3-7-16(10-19,14(15)20)9-11-8-12(17)4-5-13(11)18/h4-5,8H,3,6-7,9H2,1-2H3. The fourth-order valence-electron chi connectivity index (χ4n) is 3.03. The molecule has 4 heteroatoms. The van der Waals surface area contributed by atoms with E-state index < -0.39 is 10.8 Å². The molecule has 0 aliphatic heterocycles. The van der Waals surface area contributed by atoms with Gasteiger partial charge in [0.2, 0.25) is 0 Å². The molecule has 0 radical (unpaired) electrons. The van der Waals surface area contributed by atoms with E-state index in [0.29, 0.717) is 12.0 Å². The van der Waals surface area contributed by atoms with Crippen molar-refractivity contribution in [1.29, 1.82) is 5.26 Å². The quantitative estimate of drug-likeness (QED) is 0.801. The summed E-state index contributed by atoms with van der Waals surface area (Å²) in [7, 11) is 0. The van der Waals surface area contributed by atoms with Gasteiger partial charge in [-0.25, -0.2) is 4.39 Å². The molecule has 2 rings (SSSR count). The van der Waals surface area contributed by atoms with Crippen LogP contribution in [0, 0.1) is 28.0 Å². The van der Waals surface area contributed by atoms with Crippen molar-refractivity contribution < 1.29 is 9.18 Å². The molecule has 20 heavy (non-hydrogen) atoms. The van der Waals surface area contributed by atoms with Crippen molar-refractivity contribution in [3.63, 3.8) is 0 Å². The molecule has 1 aromatic carbocycles. The van der Waals surface area contributed by atoms with Crippen molar-refractivity contribution in [2.24, 2.45) is 10.8 Å². The summed E-state index contributed by atoms with van der Waals surface area (Å²) in [5.41, 5.74) is -1.17. The number of rotatable bonds is 2. The lowest BCUT2D eigenvalue weighted by atomic mass is 9.61. The van der Waals surface area contributed by atoms with Crippen LogP contribution in [0.5, 0.6) is 0 Å². The molecule has 1 fully saturated rings. The van der Waals surface area contributed by atoms with Gasteiger partial charge < -0.3 is 0 Å².